The summed E-state index contributed by atoms with van der Waals surface area (Å²) >= 11 is 9.02. The van der Waals surface area contributed by atoms with Gasteiger partial charge in [0, 0.05) is 36.8 Å². The molecule has 0 unspecified atom stereocenters. The van der Waals surface area contributed by atoms with Crippen molar-refractivity contribution in [3.63, 3.8) is 0 Å². The van der Waals surface area contributed by atoms with Crippen LogP contribution >= 0.6 is 27.5 Å². The van der Waals surface area contributed by atoms with E-state index in [1.807, 2.05) is 6.07 Å². The lowest BCUT2D eigenvalue weighted by atomic mass is 10.3. The Morgan fingerprint density at radius 2 is 2.00 bits per heavy atom. The number of carbonyl (C=O) groups is 1. The molecule has 0 bridgehead atoms. The van der Waals surface area contributed by atoms with Crippen molar-refractivity contribution < 1.29 is 13.9 Å². The third-order valence-electron chi connectivity index (χ3n) is 3.91. The normalized spacial score (nSPS) is 14.5. The Morgan fingerprint density at radius 1 is 1.24 bits per heavy atom. The van der Waals surface area contributed by atoms with Gasteiger partial charge >= 0.3 is 0 Å². The molecule has 0 radical (unpaired) electrons. The standard InChI is InChI=1S/C17H16BrClFN3O2/c18-12-1-3-15(14(20)9-12)25-11-17(24)23-7-5-22(6-8-23)16-4-2-13(19)10-21-16/h1-4,9-10H,5-8,11H2. The molecule has 1 aliphatic heterocycles. The summed E-state index contributed by atoms with van der Waals surface area (Å²) < 4.78 is 19.6. The molecule has 1 amide bonds. The van der Waals surface area contributed by atoms with E-state index in [1.54, 1.807) is 23.2 Å². The van der Waals surface area contributed by atoms with Crippen LogP contribution in [0.25, 0.3) is 0 Å². The molecule has 3 rings (SSSR count). The van der Waals surface area contributed by atoms with Crippen LogP contribution in [-0.2, 0) is 4.79 Å². The lowest BCUT2D eigenvalue weighted by molar-refractivity contribution is -0.133. The van der Waals surface area contributed by atoms with Gasteiger partial charge in [0.1, 0.15) is 5.82 Å². The molecule has 1 aliphatic rings. The first-order chi connectivity index (χ1) is 12.0. The average molecular weight is 429 g/mol. The highest BCUT2D eigenvalue weighted by molar-refractivity contribution is 9.10. The third-order valence-corrected chi connectivity index (χ3v) is 4.63. The number of hydrogen-bond donors (Lipinski definition) is 0. The van der Waals surface area contributed by atoms with Crippen molar-refractivity contribution in [3.05, 3.63) is 51.8 Å². The summed E-state index contributed by atoms with van der Waals surface area (Å²) in [5.74, 6) is 0.247. The van der Waals surface area contributed by atoms with Crippen molar-refractivity contribution in [2.75, 3.05) is 37.7 Å². The largest absolute Gasteiger partial charge is 0.481 e. The van der Waals surface area contributed by atoms with Crippen LogP contribution in [0.1, 0.15) is 0 Å². The number of halogens is 3. The Morgan fingerprint density at radius 3 is 2.64 bits per heavy atom. The van der Waals surface area contributed by atoms with Crippen LogP contribution in [0.4, 0.5) is 10.2 Å². The quantitative estimate of drug-likeness (QED) is 0.749. The van der Waals surface area contributed by atoms with Gasteiger partial charge in [-0.1, -0.05) is 27.5 Å². The highest BCUT2D eigenvalue weighted by Gasteiger charge is 2.22. The van der Waals surface area contributed by atoms with Crippen molar-refractivity contribution in [2.45, 2.75) is 0 Å². The minimum absolute atomic E-state index is 0.0700. The van der Waals surface area contributed by atoms with Gasteiger partial charge < -0.3 is 14.5 Å². The Kier molecular flexibility index (Phi) is 5.75. The Labute approximate surface area is 158 Å². The summed E-state index contributed by atoms with van der Waals surface area (Å²) in [6.07, 6.45) is 1.61. The van der Waals surface area contributed by atoms with Crippen molar-refractivity contribution >= 4 is 39.3 Å². The maximum absolute atomic E-state index is 13.7. The number of amides is 1. The van der Waals surface area contributed by atoms with E-state index in [2.05, 4.69) is 25.8 Å². The molecule has 0 aliphatic carbocycles. The zero-order valence-electron chi connectivity index (χ0n) is 13.3. The number of nitrogens with zero attached hydrogens (tertiary/aromatic N) is 3. The van der Waals surface area contributed by atoms with E-state index in [9.17, 15) is 9.18 Å². The molecule has 1 saturated heterocycles. The van der Waals surface area contributed by atoms with Crippen LogP contribution in [0.15, 0.2) is 41.0 Å². The fraction of sp³-hybridized carbons (Fsp3) is 0.294. The predicted octanol–water partition coefficient (Wildman–Crippen LogP) is 3.36. The molecule has 8 heteroatoms. The first kappa shape index (κ1) is 17.9. The van der Waals surface area contributed by atoms with Crippen LogP contribution in [0.5, 0.6) is 5.75 Å². The molecule has 1 aromatic carbocycles. The van der Waals surface area contributed by atoms with Gasteiger partial charge in [0.05, 0.1) is 5.02 Å². The number of aromatic nitrogens is 1. The molecule has 0 saturated carbocycles. The highest BCUT2D eigenvalue weighted by Crippen LogP contribution is 2.21. The second-order valence-electron chi connectivity index (χ2n) is 5.57. The second kappa shape index (κ2) is 8.01. The van der Waals surface area contributed by atoms with Crippen LogP contribution in [-0.4, -0.2) is 48.6 Å². The summed E-state index contributed by atoms with van der Waals surface area (Å²) in [4.78, 5) is 20.3. The third kappa shape index (κ3) is 4.61. The minimum Gasteiger partial charge on any atom is -0.481 e. The molecule has 0 spiro atoms. The number of ether oxygens (including phenoxy) is 1. The van der Waals surface area contributed by atoms with Gasteiger partial charge in [-0.25, -0.2) is 9.37 Å². The molecule has 132 valence electrons. The van der Waals surface area contributed by atoms with Gasteiger partial charge in [-0.2, -0.15) is 0 Å². The number of benzene rings is 1. The monoisotopic (exact) mass is 427 g/mol. The van der Waals surface area contributed by atoms with Gasteiger partial charge in [-0.3, -0.25) is 4.79 Å². The fourth-order valence-electron chi connectivity index (χ4n) is 2.56. The maximum atomic E-state index is 13.7. The van der Waals surface area contributed by atoms with Gasteiger partial charge in [0.15, 0.2) is 18.2 Å². The first-order valence-electron chi connectivity index (χ1n) is 7.75. The molecule has 2 aromatic rings. The maximum Gasteiger partial charge on any atom is 0.260 e. The molecule has 0 N–H and O–H groups in total. The molecule has 0 atom stereocenters. The fourth-order valence-corrected chi connectivity index (χ4v) is 3.01. The molecule has 2 heterocycles. The molecule has 1 fully saturated rings. The van der Waals surface area contributed by atoms with Crippen molar-refractivity contribution in [1.82, 2.24) is 9.88 Å². The molecule has 5 nitrogen and oxygen atoms in total. The number of hydrogen-bond acceptors (Lipinski definition) is 4. The lowest BCUT2D eigenvalue weighted by Gasteiger charge is -2.35. The first-order valence-corrected chi connectivity index (χ1v) is 8.92. The van der Waals surface area contributed by atoms with Crippen molar-refractivity contribution in [2.24, 2.45) is 0 Å². The Balaban J connectivity index is 1.50. The van der Waals surface area contributed by atoms with E-state index in [1.165, 1.54) is 12.1 Å². The SMILES string of the molecule is O=C(COc1ccc(Br)cc1F)N1CCN(c2ccc(Cl)cn2)CC1. The minimum atomic E-state index is -0.499. The Bertz CT molecular complexity index is 752. The van der Waals surface area contributed by atoms with Gasteiger partial charge in [0.25, 0.3) is 5.91 Å². The van der Waals surface area contributed by atoms with E-state index in [-0.39, 0.29) is 18.3 Å². The lowest BCUT2D eigenvalue weighted by Crippen LogP contribution is -2.50. The zero-order chi connectivity index (χ0) is 17.8. The number of carbonyl (C=O) groups excluding carboxylic acids is 1. The van der Waals surface area contributed by atoms with Crippen LogP contribution in [0, 0.1) is 5.82 Å². The van der Waals surface area contributed by atoms with E-state index >= 15 is 0 Å². The van der Waals surface area contributed by atoms with Crippen molar-refractivity contribution in [1.29, 1.82) is 0 Å². The number of pyridine rings is 1. The summed E-state index contributed by atoms with van der Waals surface area (Å²) in [6, 6.07) is 8.12. The zero-order valence-corrected chi connectivity index (χ0v) is 15.6. The molecule has 25 heavy (non-hydrogen) atoms. The number of piperazine rings is 1. The summed E-state index contributed by atoms with van der Waals surface area (Å²) in [6.45, 7) is 2.29. The number of anilines is 1. The molecular formula is C17H16BrClFN3O2. The molecule has 1 aromatic heterocycles. The summed E-state index contributed by atoms with van der Waals surface area (Å²) in [5.41, 5.74) is 0. The van der Waals surface area contributed by atoms with Crippen molar-refractivity contribution in [3.8, 4) is 5.75 Å². The van der Waals surface area contributed by atoms with E-state index in [0.717, 1.165) is 5.82 Å². The average Bonchev–Trinajstić information content (AvgIpc) is 2.61. The van der Waals surface area contributed by atoms with Gasteiger partial charge in [-0.15, -0.1) is 0 Å². The molecular weight excluding hydrogens is 413 g/mol. The van der Waals surface area contributed by atoms with Gasteiger partial charge in [-0.05, 0) is 30.3 Å². The van der Waals surface area contributed by atoms with Crippen LogP contribution in [0.2, 0.25) is 5.02 Å². The van der Waals surface area contributed by atoms with E-state index in [4.69, 9.17) is 16.3 Å². The second-order valence-corrected chi connectivity index (χ2v) is 6.92. The number of rotatable bonds is 4. The predicted molar refractivity (Wildman–Crippen MR) is 97.6 cm³/mol. The smallest absolute Gasteiger partial charge is 0.260 e. The summed E-state index contributed by atoms with van der Waals surface area (Å²) in [7, 11) is 0. The summed E-state index contributed by atoms with van der Waals surface area (Å²) in [5, 5.41) is 0.592. The van der Waals surface area contributed by atoms with E-state index in [0.29, 0.717) is 35.7 Å². The van der Waals surface area contributed by atoms with Crippen LogP contribution < -0.4 is 9.64 Å². The highest BCUT2D eigenvalue weighted by atomic mass is 79.9. The van der Waals surface area contributed by atoms with Gasteiger partial charge in [0.2, 0.25) is 0 Å². The van der Waals surface area contributed by atoms with Crippen LogP contribution in [0.3, 0.4) is 0 Å². The van der Waals surface area contributed by atoms with E-state index < -0.39 is 5.82 Å². The Hall–Kier alpha value is -1.86. The topological polar surface area (TPSA) is 45.7 Å².